The molecule has 12 nitrogen and oxygen atoms in total. The zero-order valence-corrected chi connectivity index (χ0v) is 33.7. The zero-order valence-electron chi connectivity index (χ0n) is 33.7. The number of rotatable bonds is 10. The molecule has 0 radical (unpaired) electrons. The first-order valence-corrected chi connectivity index (χ1v) is 19.6. The fraction of sp³-hybridized carbons (Fsp3) is 0.167. The van der Waals surface area contributed by atoms with Crippen molar-refractivity contribution in [3.63, 3.8) is 0 Å². The van der Waals surface area contributed by atoms with Gasteiger partial charge in [0.15, 0.2) is 5.82 Å². The van der Waals surface area contributed by atoms with Gasteiger partial charge in [0.2, 0.25) is 0 Å². The highest BCUT2D eigenvalue weighted by Crippen LogP contribution is 2.45. The van der Waals surface area contributed by atoms with Crippen LogP contribution in [-0.2, 0) is 23.7 Å². The number of fused-ring (bicyclic) bond motifs is 2. The number of aromatic nitrogens is 8. The smallest absolute Gasteiger partial charge is 0.158 e. The number of allylic oxidation sites excluding steroid dienone is 2. The number of imidazole rings is 2. The largest absolute Gasteiger partial charge is 0.497 e. The van der Waals surface area contributed by atoms with Gasteiger partial charge in [0.1, 0.15) is 34.4 Å². The Balaban J connectivity index is 0.000000154. The first-order chi connectivity index (χ1) is 29.5. The van der Waals surface area contributed by atoms with Crippen LogP contribution in [0, 0.1) is 0 Å². The van der Waals surface area contributed by atoms with E-state index < -0.39 is 0 Å². The lowest BCUT2D eigenvalue weighted by molar-refractivity contribution is 0.413. The summed E-state index contributed by atoms with van der Waals surface area (Å²) in [4.78, 5) is 14.8. The average Bonchev–Trinajstić information content (AvgIpc) is 4.17. The number of benzene rings is 4. The van der Waals surface area contributed by atoms with E-state index in [1.54, 1.807) is 47.2 Å². The summed E-state index contributed by atoms with van der Waals surface area (Å²) in [5.74, 6) is 4.12. The summed E-state index contributed by atoms with van der Waals surface area (Å²) in [5, 5.41) is 15.6. The highest BCUT2D eigenvalue weighted by molar-refractivity contribution is 5.75. The van der Waals surface area contributed by atoms with Gasteiger partial charge in [0.25, 0.3) is 0 Å². The summed E-state index contributed by atoms with van der Waals surface area (Å²) in [7, 11) is 6.73. The highest BCUT2D eigenvalue weighted by atomic mass is 16.5. The molecule has 300 valence electrons. The van der Waals surface area contributed by atoms with E-state index in [9.17, 15) is 0 Å². The zero-order chi connectivity index (χ0) is 41.1. The predicted octanol–water partition coefficient (Wildman–Crippen LogP) is 8.75. The van der Waals surface area contributed by atoms with Gasteiger partial charge in [-0.1, -0.05) is 72.8 Å². The summed E-state index contributed by atoms with van der Waals surface area (Å²) >= 11 is 0. The topological polar surface area (TPSA) is 152 Å². The van der Waals surface area contributed by atoms with Gasteiger partial charge in [0, 0.05) is 58.6 Å². The Bertz CT molecular complexity index is 2440. The number of hydrogen-bond acceptors (Lipinski definition) is 8. The van der Waals surface area contributed by atoms with Crippen molar-refractivity contribution < 1.29 is 18.9 Å². The summed E-state index contributed by atoms with van der Waals surface area (Å²) in [6, 6.07) is 33.1. The Morgan fingerprint density at radius 3 is 1.30 bits per heavy atom. The number of methoxy groups -OCH3 is 4. The van der Waals surface area contributed by atoms with Crippen LogP contribution in [0.5, 0.6) is 23.0 Å². The molecule has 0 atom stereocenters. The molecule has 0 fully saturated rings. The third-order valence-corrected chi connectivity index (χ3v) is 11.6. The Kier molecular flexibility index (Phi) is 10.1. The van der Waals surface area contributed by atoms with Gasteiger partial charge in [0.05, 0.1) is 46.7 Å². The van der Waals surface area contributed by atoms with Crippen molar-refractivity contribution in [3.8, 4) is 45.9 Å². The molecule has 0 unspecified atom stereocenters. The Morgan fingerprint density at radius 1 is 0.517 bits per heavy atom. The van der Waals surface area contributed by atoms with Crippen LogP contribution in [0.25, 0.3) is 35.1 Å². The Hall–Kier alpha value is -7.60. The maximum atomic E-state index is 5.37. The van der Waals surface area contributed by atoms with Crippen molar-refractivity contribution in [3.05, 3.63) is 179 Å². The van der Waals surface area contributed by atoms with Crippen LogP contribution in [0.15, 0.2) is 134 Å². The lowest BCUT2D eigenvalue weighted by Gasteiger charge is -2.34. The third kappa shape index (κ3) is 6.81. The fourth-order valence-electron chi connectivity index (χ4n) is 8.37. The predicted molar refractivity (Wildman–Crippen MR) is 231 cm³/mol. The summed E-state index contributed by atoms with van der Waals surface area (Å²) in [6.07, 6.45) is 17.4. The molecule has 0 saturated carbocycles. The van der Waals surface area contributed by atoms with E-state index in [2.05, 4.69) is 113 Å². The van der Waals surface area contributed by atoms with E-state index in [1.807, 2.05) is 54.7 Å². The second-order valence-corrected chi connectivity index (χ2v) is 14.7. The molecule has 2 aliphatic rings. The van der Waals surface area contributed by atoms with E-state index >= 15 is 0 Å². The maximum absolute atomic E-state index is 5.37. The minimum Gasteiger partial charge on any atom is -0.497 e. The first-order valence-electron chi connectivity index (χ1n) is 19.6. The standard InChI is InChI=1S/2C24H22N4O2/c1-29-18-7-3-16(4-8-18)24(17-5-9-19(30-2)10-6-17)12-11-20-21(13-24)27-28-23(20)22-14-25-15-26-22;1-29-18-7-3-16(4-8-18)24(17-5-9-19(30-2)10-6-17)12-11-20-21(15-24)27-28-22(20)23-25-13-14-26-23/h3-12,14-15H,13H2,1-2H3,(H,25,26)(H,27,28);3-14H,15H2,1-2H3,(H,25,26)(H,27,28). The molecule has 2 aliphatic carbocycles. The second-order valence-electron chi connectivity index (χ2n) is 14.7. The van der Waals surface area contributed by atoms with E-state index in [0.717, 1.165) is 81.3 Å². The number of H-pyrrole nitrogens is 4. The van der Waals surface area contributed by atoms with Crippen molar-refractivity contribution in [2.45, 2.75) is 23.7 Å². The van der Waals surface area contributed by atoms with Crippen LogP contribution in [-0.4, -0.2) is 68.8 Å². The number of nitrogens with zero attached hydrogens (tertiary/aromatic N) is 4. The Labute approximate surface area is 347 Å². The van der Waals surface area contributed by atoms with Gasteiger partial charge in [-0.2, -0.15) is 10.2 Å². The summed E-state index contributed by atoms with van der Waals surface area (Å²) < 4.78 is 21.5. The summed E-state index contributed by atoms with van der Waals surface area (Å²) in [6.45, 7) is 0. The van der Waals surface area contributed by atoms with Gasteiger partial charge < -0.3 is 28.9 Å². The van der Waals surface area contributed by atoms with E-state index in [1.165, 1.54) is 22.3 Å². The molecule has 8 aromatic rings. The van der Waals surface area contributed by atoms with Crippen LogP contribution in [0.4, 0.5) is 0 Å². The molecule has 4 heterocycles. The van der Waals surface area contributed by atoms with Crippen LogP contribution in [0.2, 0.25) is 0 Å². The third-order valence-electron chi connectivity index (χ3n) is 11.6. The van der Waals surface area contributed by atoms with Crippen molar-refractivity contribution in [1.82, 2.24) is 40.3 Å². The number of aromatic amines is 4. The van der Waals surface area contributed by atoms with Crippen molar-refractivity contribution >= 4 is 12.2 Å². The molecule has 12 heteroatoms. The lowest BCUT2D eigenvalue weighted by Crippen LogP contribution is -2.30. The molecule has 4 aromatic carbocycles. The molecule has 60 heavy (non-hydrogen) atoms. The lowest BCUT2D eigenvalue weighted by atomic mass is 9.68. The van der Waals surface area contributed by atoms with Crippen LogP contribution >= 0.6 is 0 Å². The van der Waals surface area contributed by atoms with E-state index in [0.29, 0.717) is 0 Å². The molecular formula is C48H44N8O4. The SMILES string of the molecule is COc1ccc(C2(c3ccc(OC)cc3)C=Cc3c(-c4cnc[nH]4)n[nH]c3C2)cc1.COc1ccc(C2(c3ccc(OC)cc3)C=Cc3c(-c4ncc[nH]4)n[nH]c3C2)cc1. The average molecular weight is 797 g/mol. The molecular weight excluding hydrogens is 753 g/mol. The first kappa shape index (κ1) is 37.9. The van der Waals surface area contributed by atoms with Gasteiger partial charge in [-0.25, -0.2) is 9.97 Å². The van der Waals surface area contributed by atoms with Gasteiger partial charge in [-0.3, -0.25) is 10.2 Å². The van der Waals surface area contributed by atoms with Gasteiger partial charge in [-0.15, -0.1) is 0 Å². The number of nitrogens with one attached hydrogen (secondary N) is 4. The quantitative estimate of drug-likeness (QED) is 0.107. The molecule has 0 bridgehead atoms. The van der Waals surface area contributed by atoms with E-state index in [-0.39, 0.29) is 10.8 Å². The second kappa shape index (κ2) is 16.0. The molecule has 0 saturated heterocycles. The van der Waals surface area contributed by atoms with E-state index in [4.69, 9.17) is 18.9 Å². The Morgan fingerprint density at radius 2 is 0.933 bits per heavy atom. The molecule has 0 amide bonds. The fourth-order valence-corrected chi connectivity index (χ4v) is 8.37. The normalized spacial score (nSPS) is 14.3. The molecule has 0 spiro atoms. The monoisotopic (exact) mass is 796 g/mol. The number of hydrogen-bond donors (Lipinski definition) is 4. The van der Waals surface area contributed by atoms with Crippen LogP contribution in [0.1, 0.15) is 44.8 Å². The van der Waals surface area contributed by atoms with Crippen LogP contribution in [0.3, 0.4) is 0 Å². The minimum absolute atomic E-state index is 0.330. The minimum atomic E-state index is -0.335. The summed E-state index contributed by atoms with van der Waals surface area (Å²) in [5.41, 5.74) is 11.0. The van der Waals surface area contributed by atoms with Gasteiger partial charge in [-0.05, 0) is 70.8 Å². The maximum Gasteiger partial charge on any atom is 0.158 e. The van der Waals surface area contributed by atoms with Crippen LogP contribution < -0.4 is 18.9 Å². The van der Waals surface area contributed by atoms with Crippen molar-refractivity contribution in [2.24, 2.45) is 0 Å². The molecule has 10 rings (SSSR count). The van der Waals surface area contributed by atoms with Crippen molar-refractivity contribution in [2.75, 3.05) is 28.4 Å². The highest BCUT2D eigenvalue weighted by Gasteiger charge is 2.38. The van der Waals surface area contributed by atoms with Gasteiger partial charge >= 0.3 is 0 Å². The molecule has 0 aliphatic heterocycles. The van der Waals surface area contributed by atoms with Crippen molar-refractivity contribution in [1.29, 1.82) is 0 Å². The molecule has 4 aromatic heterocycles. The molecule has 4 N–H and O–H groups in total. The number of ether oxygens (including phenoxy) is 4.